The summed E-state index contributed by atoms with van der Waals surface area (Å²) in [5, 5.41) is 12.6. The SMILES string of the molecule is CC(=O)Nc1ccc(S(=O)(=O)NCC(O)Cn2ccccc2=O)c(C)c1. The van der Waals surface area contributed by atoms with Gasteiger partial charge in [0.05, 0.1) is 17.5 Å². The number of carbonyl (C=O) groups excluding carboxylic acids is 1. The third-order valence-electron chi connectivity index (χ3n) is 3.60. The van der Waals surface area contributed by atoms with Gasteiger partial charge in [-0.15, -0.1) is 0 Å². The largest absolute Gasteiger partial charge is 0.390 e. The third-order valence-corrected chi connectivity index (χ3v) is 5.18. The van der Waals surface area contributed by atoms with Gasteiger partial charge in [0.2, 0.25) is 15.9 Å². The summed E-state index contributed by atoms with van der Waals surface area (Å²) in [4.78, 5) is 22.7. The molecule has 0 radical (unpaired) electrons. The van der Waals surface area contributed by atoms with E-state index in [1.54, 1.807) is 25.1 Å². The van der Waals surface area contributed by atoms with Gasteiger partial charge in [-0.3, -0.25) is 9.59 Å². The Morgan fingerprint density at radius 3 is 2.62 bits per heavy atom. The van der Waals surface area contributed by atoms with Crippen LogP contribution in [0.4, 0.5) is 5.69 Å². The molecule has 0 fully saturated rings. The normalized spacial score (nSPS) is 12.6. The van der Waals surface area contributed by atoms with Crippen molar-refractivity contribution < 1.29 is 18.3 Å². The van der Waals surface area contributed by atoms with Crippen LogP contribution in [0.3, 0.4) is 0 Å². The Hall–Kier alpha value is -2.49. The van der Waals surface area contributed by atoms with Gasteiger partial charge in [-0.05, 0) is 36.8 Å². The Kier molecular flexibility index (Phi) is 6.30. The maximum Gasteiger partial charge on any atom is 0.250 e. The molecule has 1 aromatic carbocycles. The number of nitrogens with zero attached hydrogens (tertiary/aromatic N) is 1. The van der Waals surface area contributed by atoms with Crippen LogP contribution in [-0.4, -0.2) is 36.6 Å². The Labute approximate surface area is 151 Å². The summed E-state index contributed by atoms with van der Waals surface area (Å²) in [6, 6.07) is 9.02. The van der Waals surface area contributed by atoms with E-state index in [2.05, 4.69) is 10.0 Å². The van der Waals surface area contributed by atoms with Crippen LogP contribution in [0, 0.1) is 6.92 Å². The van der Waals surface area contributed by atoms with Gasteiger partial charge in [0, 0.05) is 31.4 Å². The van der Waals surface area contributed by atoms with Gasteiger partial charge in [-0.1, -0.05) is 6.07 Å². The fraction of sp³-hybridized carbons (Fsp3) is 0.294. The van der Waals surface area contributed by atoms with Crippen LogP contribution in [0.15, 0.2) is 52.3 Å². The van der Waals surface area contributed by atoms with E-state index in [4.69, 9.17) is 0 Å². The first-order valence-electron chi connectivity index (χ1n) is 7.90. The average Bonchev–Trinajstić information content (AvgIpc) is 2.54. The van der Waals surface area contributed by atoms with Crippen molar-refractivity contribution in [2.24, 2.45) is 0 Å². The maximum absolute atomic E-state index is 12.4. The minimum Gasteiger partial charge on any atom is -0.390 e. The number of anilines is 1. The molecule has 1 aromatic heterocycles. The highest BCUT2D eigenvalue weighted by Gasteiger charge is 2.19. The second kappa shape index (κ2) is 8.26. The molecule has 1 heterocycles. The van der Waals surface area contributed by atoms with Crippen molar-refractivity contribution in [3.05, 3.63) is 58.5 Å². The second-order valence-corrected chi connectivity index (χ2v) is 7.59. The van der Waals surface area contributed by atoms with Crippen LogP contribution >= 0.6 is 0 Å². The number of hydrogen-bond donors (Lipinski definition) is 3. The van der Waals surface area contributed by atoms with Gasteiger partial charge in [0.15, 0.2) is 0 Å². The van der Waals surface area contributed by atoms with E-state index in [0.29, 0.717) is 11.3 Å². The molecule has 1 amide bonds. The zero-order valence-electron chi connectivity index (χ0n) is 14.5. The van der Waals surface area contributed by atoms with Crippen molar-refractivity contribution >= 4 is 21.6 Å². The van der Waals surface area contributed by atoms with E-state index in [9.17, 15) is 23.1 Å². The number of aromatic nitrogens is 1. The molecule has 8 nitrogen and oxygen atoms in total. The summed E-state index contributed by atoms with van der Waals surface area (Å²) in [5.41, 5.74) is 0.675. The number of amides is 1. The van der Waals surface area contributed by atoms with Gasteiger partial charge >= 0.3 is 0 Å². The van der Waals surface area contributed by atoms with E-state index >= 15 is 0 Å². The number of aryl methyl sites for hydroxylation is 1. The monoisotopic (exact) mass is 379 g/mol. The fourth-order valence-electron chi connectivity index (χ4n) is 2.42. The predicted molar refractivity (Wildman–Crippen MR) is 97.4 cm³/mol. The zero-order chi connectivity index (χ0) is 19.3. The Morgan fingerprint density at radius 1 is 1.27 bits per heavy atom. The summed E-state index contributed by atoms with van der Waals surface area (Å²) in [5.74, 6) is -0.252. The number of rotatable bonds is 7. The van der Waals surface area contributed by atoms with E-state index in [1.807, 2.05) is 0 Å². The maximum atomic E-state index is 12.4. The summed E-state index contributed by atoms with van der Waals surface area (Å²) >= 11 is 0. The Balaban J connectivity index is 2.05. The van der Waals surface area contributed by atoms with Crippen molar-refractivity contribution in [1.29, 1.82) is 0 Å². The van der Waals surface area contributed by atoms with Crippen LogP contribution in [-0.2, 0) is 21.4 Å². The minimum atomic E-state index is -3.84. The molecule has 0 saturated heterocycles. The zero-order valence-corrected chi connectivity index (χ0v) is 15.3. The summed E-state index contributed by atoms with van der Waals surface area (Å²) < 4.78 is 28.5. The lowest BCUT2D eigenvalue weighted by atomic mass is 10.2. The minimum absolute atomic E-state index is 0.0252. The molecule has 1 unspecified atom stereocenters. The van der Waals surface area contributed by atoms with Crippen LogP contribution in [0.25, 0.3) is 0 Å². The number of sulfonamides is 1. The first-order valence-corrected chi connectivity index (χ1v) is 9.39. The molecule has 0 aliphatic rings. The molecule has 2 aromatic rings. The summed E-state index contributed by atoms with van der Waals surface area (Å²) in [6.07, 6.45) is 0.453. The van der Waals surface area contributed by atoms with Gasteiger partial charge in [-0.2, -0.15) is 0 Å². The second-order valence-electron chi connectivity index (χ2n) is 5.86. The van der Waals surface area contributed by atoms with E-state index in [0.717, 1.165) is 0 Å². The van der Waals surface area contributed by atoms with E-state index < -0.39 is 16.1 Å². The molecule has 1 atom stereocenters. The smallest absolute Gasteiger partial charge is 0.250 e. The van der Waals surface area contributed by atoms with Crippen molar-refractivity contribution in [2.75, 3.05) is 11.9 Å². The number of benzene rings is 1. The van der Waals surface area contributed by atoms with Crippen molar-refractivity contribution in [3.8, 4) is 0 Å². The van der Waals surface area contributed by atoms with Crippen molar-refractivity contribution in [3.63, 3.8) is 0 Å². The molecule has 0 bridgehead atoms. The van der Waals surface area contributed by atoms with Crippen LogP contribution in [0.2, 0.25) is 0 Å². The highest BCUT2D eigenvalue weighted by molar-refractivity contribution is 7.89. The molecule has 0 saturated carbocycles. The van der Waals surface area contributed by atoms with Gasteiger partial charge in [0.1, 0.15) is 0 Å². The topological polar surface area (TPSA) is 118 Å². The predicted octanol–water partition coefficient (Wildman–Crippen LogP) is 0.455. The first-order chi connectivity index (χ1) is 12.2. The molecule has 2 rings (SSSR count). The van der Waals surface area contributed by atoms with Crippen LogP contribution < -0.4 is 15.6 Å². The highest BCUT2D eigenvalue weighted by Crippen LogP contribution is 2.19. The van der Waals surface area contributed by atoms with E-state index in [-0.39, 0.29) is 29.5 Å². The van der Waals surface area contributed by atoms with Gasteiger partial charge < -0.3 is 15.0 Å². The van der Waals surface area contributed by atoms with Crippen LogP contribution in [0.1, 0.15) is 12.5 Å². The van der Waals surface area contributed by atoms with Gasteiger partial charge in [0.25, 0.3) is 5.56 Å². The molecule has 0 aliphatic carbocycles. The summed E-state index contributed by atoms with van der Waals surface area (Å²) in [7, 11) is -3.84. The molecular weight excluding hydrogens is 358 g/mol. The molecule has 3 N–H and O–H groups in total. The number of pyridine rings is 1. The molecule has 26 heavy (non-hydrogen) atoms. The number of hydrogen-bond acceptors (Lipinski definition) is 5. The lowest BCUT2D eigenvalue weighted by molar-refractivity contribution is -0.114. The molecule has 9 heteroatoms. The third kappa shape index (κ3) is 5.25. The summed E-state index contributed by atoms with van der Waals surface area (Å²) in [6.45, 7) is 2.71. The van der Waals surface area contributed by atoms with Crippen molar-refractivity contribution in [1.82, 2.24) is 9.29 Å². The van der Waals surface area contributed by atoms with Gasteiger partial charge in [-0.25, -0.2) is 13.1 Å². The lowest BCUT2D eigenvalue weighted by Crippen LogP contribution is -2.36. The van der Waals surface area contributed by atoms with Crippen LogP contribution in [0.5, 0.6) is 0 Å². The Morgan fingerprint density at radius 2 is 2.00 bits per heavy atom. The lowest BCUT2D eigenvalue weighted by Gasteiger charge is -2.15. The molecule has 0 spiro atoms. The molecule has 140 valence electrons. The number of nitrogens with one attached hydrogen (secondary N) is 2. The van der Waals surface area contributed by atoms with Crippen molar-refractivity contribution in [2.45, 2.75) is 31.4 Å². The number of carbonyl (C=O) groups is 1. The molecule has 0 aliphatic heterocycles. The first kappa shape index (κ1) is 19.8. The fourth-order valence-corrected chi connectivity index (χ4v) is 3.72. The quantitative estimate of drug-likeness (QED) is 0.646. The standard InChI is InChI=1S/C17H21N3O5S/c1-12-9-14(19-13(2)21)6-7-16(12)26(24,25)18-10-15(22)11-20-8-4-3-5-17(20)23/h3-9,15,18,22H,10-11H2,1-2H3,(H,19,21). The highest BCUT2D eigenvalue weighted by atomic mass is 32.2. The molecular formula is C17H21N3O5S. The number of aliphatic hydroxyl groups excluding tert-OH is 1. The van der Waals surface area contributed by atoms with E-state index in [1.165, 1.54) is 35.9 Å². The Bertz CT molecular complexity index is 953. The number of aliphatic hydroxyl groups is 1. The average molecular weight is 379 g/mol.